The highest BCUT2D eigenvalue weighted by atomic mass is 16.3. The Bertz CT molecular complexity index is 526. The van der Waals surface area contributed by atoms with Gasteiger partial charge in [-0.2, -0.15) is 0 Å². The van der Waals surface area contributed by atoms with Crippen LogP contribution in [0.1, 0.15) is 30.1 Å². The number of aromatic hydroxyl groups is 1. The van der Waals surface area contributed by atoms with Crippen LogP contribution in [0.4, 0.5) is 0 Å². The number of H-pyrrole nitrogens is 1. The highest BCUT2D eigenvalue weighted by Crippen LogP contribution is 2.24. The molecule has 1 aromatic heterocycles. The quantitative estimate of drug-likeness (QED) is 0.715. The maximum absolute atomic E-state index is 12.4. The van der Waals surface area contributed by atoms with Crippen molar-refractivity contribution >= 4 is 5.91 Å². The summed E-state index contributed by atoms with van der Waals surface area (Å²) in [7, 11) is 0. The average molecular weight is 265 g/mol. The van der Waals surface area contributed by atoms with Gasteiger partial charge in [-0.1, -0.05) is 6.92 Å². The smallest absolute Gasteiger partial charge is 0.254 e. The number of piperidine rings is 1. The number of nitrogens with one attached hydrogen (secondary N) is 1. The Morgan fingerprint density at radius 1 is 1.58 bits per heavy atom. The molecular weight excluding hydrogens is 246 g/mol. The Morgan fingerprint density at radius 3 is 2.95 bits per heavy atom. The van der Waals surface area contributed by atoms with E-state index >= 15 is 0 Å². The molecule has 1 aliphatic heterocycles. The Hall–Kier alpha value is -1.82. The third kappa shape index (κ3) is 2.78. The van der Waals surface area contributed by atoms with Gasteiger partial charge in [0.15, 0.2) is 5.88 Å². The van der Waals surface area contributed by atoms with Crippen molar-refractivity contribution in [2.24, 2.45) is 11.7 Å². The molecule has 0 spiro atoms. The van der Waals surface area contributed by atoms with E-state index in [0.717, 1.165) is 12.8 Å². The second-order valence-corrected chi connectivity index (χ2v) is 5.04. The number of carbonyl (C=O) groups excluding carboxylic acids is 1. The normalized spacial score (nSPS) is 23.4. The first-order chi connectivity index (χ1) is 9.02. The zero-order valence-corrected chi connectivity index (χ0v) is 10.9. The van der Waals surface area contributed by atoms with Crippen LogP contribution < -0.4 is 11.3 Å². The molecule has 104 valence electrons. The van der Waals surface area contributed by atoms with Crippen LogP contribution in [0, 0.1) is 5.92 Å². The Labute approximate surface area is 111 Å². The van der Waals surface area contributed by atoms with Crippen molar-refractivity contribution in [3.05, 3.63) is 28.0 Å². The molecule has 2 rings (SSSR count). The summed E-state index contributed by atoms with van der Waals surface area (Å²) in [6.45, 7) is 3.12. The predicted molar refractivity (Wildman–Crippen MR) is 71.0 cm³/mol. The van der Waals surface area contributed by atoms with Crippen LogP contribution in [0.5, 0.6) is 5.88 Å². The number of aromatic amines is 1. The molecule has 1 fully saturated rings. The van der Waals surface area contributed by atoms with E-state index in [4.69, 9.17) is 5.73 Å². The van der Waals surface area contributed by atoms with Crippen LogP contribution in [0.3, 0.4) is 0 Å². The van der Waals surface area contributed by atoms with Crippen molar-refractivity contribution in [2.75, 3.05) is 13.1 Å². The van der Waals surface area contributed by atoms with Crippen molar-refractivity contribution in [3.63, 3.8) is 0 Å². The van der Waals surface area contributed by atoms with E-state index in [1.54, 1.807) is 4.90 Å². The lowest BCUT2D eigenvalue weighted by atomic mass is 9.90. The van der Waals surface area contributed by atoms with Crippen LogP contribution in [-0.4, -0.2) is 40.0 Å². The molecule has 6 heteroatoms. The summed E-state index contributed by atoms with van der Waals surface area (Å²) < 4.78 is 0. The SMILES string of the molecule is CC1CCCN(C(=O)c2cc(O)[nH]c(=O)c2)C1CN. The van der Waals surface area contributed by atoms with Crippen molar-refractivity contribution in [2.45, 2.75) is 25.8 Å². The maximum Gasteiger partial charge on any atom is 0.254 e. The average Bonchev–Trinajstić information content (AvgIpc) is 2.36. The molecule has 0 aliphatic carbocycles. The summed E-state index contributed by atoms with van der Waals surface area (Å²) in [6, 6.07) is 2.47. The van der Waals surface area contributed by atoms with Crippen LogP contribution in [0.2, 0.25) is 0 Å². The molecule has 1 saturated heterocycles. The molecule has 0 bridgehead atoms. The van der Waals surface area contributed by atoms with E-state index in [1.807, 2.05) is 0 Å². The van der Waals surface area contributed by atoms with Gasteiger partial charge in [-0.25, -0.2) is 0 Å². The molecule has 0 radical (unpaired) electrons. The maximum atomic E-state index is 12.4. The highest BCUT2D eigenvalue weighted by Gasteiger charge is 2.31. The van der Waals surface area contributed by atoms with E-state index in [1.165, 1.54) is 12.1 Å². The van der Waals surface area contributed by atoms with Gasteiger partial charge in [0, 0.05) is 31.3 Å². The molecule has 2 heterocycles. The molecule has 1 aromatic rings. The number of pyridine rings is 1. The summed E-state index contributed by atoms with van der Waals surface area (Å²) in [6.07, 6.45) is 1.98. The van der Waals surface area contributed by atoms with Crippen molar-refractivity contribution in [1.82, 2.24) is 9.88 Å². The summed E-state index contributed by atoms with van der Waals surface area (Å²) in [5.41, 5.74) is 5.46. The van der Waals surface area contributed by atoms with Gasteiger partial charge in [-0.05, 0) is 18.8 Å². The topological polar surface area (TPSA) is 99.4 Å². The molecular formula is C13H19N3O3. The van der Waals surface area contributed by atoms with Gasteiger partial charge in [0.2, 0.25) is 0 Å². The number of aromatic nitrogens is 1. The largest absolute Gasteiger partial charge is 0.494 e. The Kier molecular flexibility index (Phi) is 3.90. The molecule has 6 nitrogen and oxygen atoms in total. The molecule has 2 unspecified atom stereocenters. The van der Waals surface area contributed by atoms with E-state index in [9.17, 15) is 14.7 Å². The van der Waals surface area contributed by atoms with Crippen molar-refractivity contribution < 1.29 is 9.90 Å². The van der Waals surface area contributed by atoms with E-state index in [0.29, 0.717) is 19.0 Å². The van der Waals surface area contributed by atoms with Gasteiger partial charge >= 0.3 is 0 Å². The minimum absolute atomic E-state index is 0.0114. The summed E-state index contributed by atoms with van der Waals surface area (Å²) >= 11 is 0. The zero-order valence-electron chi connectivity index (χ0n) is 10.9. The molecule has 1 aliphatic rings. The third-order valence-electron chi connectivity index (χ3n) is 3.70. The second-order valence-electron chi connectivity index (χ2n) is 5.04. The fraction of sp³-hybridized carbons (Fsp3) is 0.538. The fourth-order valence-corrected chi connectivity index (χ4v) is 2.68. The summed E-state index contributed by atoms with van der Waals surface area (Å²) in [4.78, 5) is 27.6. The van der Waals surface area contributed by atoms with Crippen LogP contribution >= 0.6 is 0 Å². The van der Waals surface area contributed by atoms with Crippen molar-refractivity contribution in [3.8, 4) is 5.88 Å². The molecule has 4 N–H and O–H groups in total. The number of hydrogen-bond donors (Lipinski definition) is 3. The summed E-state index contributed by atoms with van der Waals surface area (Å²) in [5, 5.41) is 9.37. The zero-order chi connectivity index (χ0) is 14.0. The van der Waals surface area contributed by atoms with Crippen LogP contribution in [-0.2, 0) is 0 Å². The number of amides is 1. The monoisotopic (exact) mass is 265 g/mol. The van der Waals surface area contributed by atoms with E-state index < -0.39 is 5.56 Å². The first-order valence-electron chi connectivity index (χ1n) is 6.47. The molecule has 0 saturated carbocycles. The number of carbonyl (C=O) groups is 1. The van der Waals surface area contributed by atoms with Crippen LogP contribution in [0.25, 0.3) is 0 Å². The lowest BCUT2D eigenvalue weighted by Crippen LogP contribution is -2.51. The Balaban J connectivity index is 2.29. The first-order valence-corrected chi connectivity index (χ1v) is 6.47. The minimum atomic E-state index is -0.488. The van der Waals surface area contributed by atoms with Gasteiger partial charge in [-0.3, -0.25) is 14.6 Å². The number of likely N-dealkylation sites (tertiary alicyclic amines) is 1. The fourth-order valence-electron chi connectivity index (χ4n) is 2.68. The summed E-state index contributed by atoms with van der Waals surface area (Å²) in [5.74, 6) is -0.202. The van der Waals surface area contributed by atoms with Crippen LogP contribution in [0.15, 0.2) is 16.9 Å². The highest BCUT2D eigenvalue weighted by molar-refractivity contribution is 5.94. The van der Waals surface area contributed by atoms with Gasteiger partial charge in [0.25, 0.3) is 11.5 Å². The number of hydrogen-bond acceptors (Lipinski definition) is 4. The van der Waals surface area contributed by atoms with Gasteiger partial charge in [0.05, 0.1) is 5.56 Å². The minimum Gasteiger partial charge on any atom is -0.494 e. The standard InChI is InChI=1S/C13H19N3O3/c1-8-3-2-4-16(10(8)7-14)13(19)9-5-11(17)15-12(18)6-9/h5-6,8,10H,2-4,7,14H2,1H3,(H2,15,17,18). The van der Waals surface area contributed by atoms with E-state index in [2.05, 4.69) is 11.9 Å². The lowest BCUT2D eigenvalue weighted by Gasteiger charge is -2.39. The molecule has 1 amide bonds. The lowest BCUT2D eigenvalue weighted by molar-refractivity contribution is 0.0532. The first kappa shape index (κ1) is 13.6. The number of nitrogens with two attached hydrogens (primary N) is 1. The molecule has 2 atom stereocenters. The van der Waals surface area contributed by atoms with Gasteiger partial charge in [0.1, 0.15) is 0 Å². The van der Waals surface area contributed by atoms with Gasteiger partial charge < -0.3 is 15.7 Å². The Morgan fingerprint density at radius 2 is 2.32 bits per heavy atom. The number of nitrogens with zero attached hydrogens (tertiary/aromatic N) is 1. The predicted octanol–water partition coefficient (Wildman–Crippen LogP) is 0.280. The molecule has 0 aromatic carbocycles. The number of rotatable bonds is 2. The molecule has 19 heavy (non-hydrogen) atoms. The third-order valence-corrected chi connectivity index (χ3v) is 3.70. The van der Waals surface area contributed by atoms with Gasteiger partial charge in [-0.15, -0.1) is 0 Å². The van der Waals surface area contributed by atoms with E-state index in [-0.39, 0.29) is 23.4 Å². The van der Waals surface area contributed by atoms with Crippen molar-refractivity contribution in [1.29, 1.82) is 0 Å². The second kappa shape index (κ2) is 5.44.